The average Bonchev–Trinajstić information content (AvgIpc) is 3.29. The minimum Gasteiger partial charge on any atom is -0.491 e. The molecule has 0 aromatic heterocycles. The highest BCUT2D eigenvalue weighted by atomic mass is 16.6. The van der Waals surface area contributed by atoms with Gasteiger partial charge in [-0.1, -0.05) is 55.1 Å². The molecule has 0 saturated heterocycles. The average molecular weight is 847 g/mol. The molecule has 14 nitrogen and oxygen atoms in total. The molecule has 0 aliphatic carbocycles. The standard InChI is InChI=1S/C47H58O14/c1-4-46(48)60-45(35-57-32-31-55-28-26-53-24-22-51-3)36-59-43-17-11-39(12-18-43)40-13-19-44(20-14-40)61-47(49)41-7-5-37(6-8-41)38-9-15-42(16-10-38)58-34-33-56-30-29-54-27-25-52-23-21-50-2/h4-20,45H,1,21-36H2,2-3H3. The maximum atomic E-state index is 13.0. The molecule has 14 heteroatoms. The predicted molar refractivity (Wildman–Crippen MR) is 228 cm³/mol. The van der Waals surface area contributed by atoms with Gasteiger partial charge in [0.15, 0.2) is 6.10 Å². The molecule has 0 aliphatic rings. The van der Waals surface area contributed by atoms with Gasteiger partial charge in [-0.15, -0.1) is 0 Å². The highest BCUT2D eigenvalue weighted by molar-refractivity contribution is 5.91. The lowest BCUT2D eigenvalue weighted by Gasteiger charge is -2.18. The number of hydrogen-bond donors (Lipinski definition) is 0. The van der Waals surface area contributed by atoms with Crippen LogP contribution in [0.3, 0.4) is 0 Å². The van der Waals surface area contributed by atoms with Crippen molar-refractivity contribution in [2.45, 2.75) is 6.10 Å². The van der Waals surface area contributed by atoms with Crippen LogP contribution in [0.25, 0.3) is 22.3 Å². The molecule has 1 atom stereocenters. The summed E-state index contributed by atoms with van der Waals surface area (Å²) in [5.74, 6) is 0.728. The van der Waals surface area contributed by atoms with E-state index >= 15 is 0 Å². The van der Waals surface area contributed by atoms with E-state index in [0.29, 0.717) is 110 Å². The molecule has 0 amide bonds. The van der Waals surface area contributed by atoms with Crippen LogP contribution in [0.1, 0.15) is 10.4 Å². The number of rotatable bonds is 33. The second-order valence-corrected chi connectivity index (χ2v) is 13.1. The first-order valence-electron chi connectivity index (χ1n) is 20.1. The zero-order chi connectivity index (χ0) is 43.2. The molecule has 0 spiro atoms. The fraction of sp³-hybridized carbons (Fsp3) is 0.404. The number of benzene rings is 4. The fourth-order valence-electron chi connectivity index (χ4n) is 5.38. The molecule has 0 bridgehead atoms. The Hall–Kier alpha value is -5.16. The number of ether oxygens (including phenoxy) is 12. The topological polar surface area (TPSA) is 145 Å². The zero-order valence-corrected chi connectivity index (χ0v) is 35.1. The van der Waals surface area contributed by atoms with Crippen LogP contribution in [-0.4, -0.2) is 138 Å². The van der Waals surface area contributed by atoms with Crippen LogP contribution < -0.4 is 14.2 Å². The summed E-state index contributed by atoms with van der Waals surface area (Å²) in [4.78, 5) is 24.8. The van der Waals surface area contributed by atoms with E-state index in [-0.39, 0.29) is 13.2 Å². The molecule has 0 fully saturated rings. The summed E-state index contributed by atoms with van der Waals surface area (Å²) in [5.41, 5.74) is 4.23. The van der Waals surface area contributed by atoms with E-state index in [2.05, 4.69) is 6.58 Å². The minimum atomic E-state index is -0.646. The second-order valence-electron chi connectivity index (χ2n) is 13.1. The Balaban J connectivity index is 1.14. The highest BCUT2D eigenvalue weighted by Crippen LogP contribution is 2.26. The summed E-state index contributed by atoms with van der Waals surface area (Å²) in [6.45, 7) is 10.3. The third kappa shape index (κ3) is 19.8. The maximum absolute atomic E-state index is 13.0. The van der Waals surface area contributed by atoms with E-state index in [1.54, 1.807) is 38.5 Å². The Morgan fingerprint density at radius 2 is 0.836 bits per heavy atom. The van der Waals surface area contributed by atoms with Gasteiger partial charge < -0.3 is 56.8 Å². The summed E-state index contributed by atoms with van der Waals surface area (Å²) in [6.07, 6.45) is 0.451. The van der Waals surface area contributed by atoms with Crippen LogP contribution in [0.15, 0.2) is 110 Å². The molecular weight excluding hydrogens is 789 g/mol. The lowest BCUT2D eigenvalue weighted by Crippen LogP contribution is -2.30. The Kier molecular flexibility index (Phi) is 23.8. The molecule has 0 N–H and O–H groups in total. The van der Waals surface area contributed by atoms with Crippen molar-refractivity contribution in [3.8, 4) is 39.5 Å². The van der Waals surface area contributed by atoms with Gasteiger partial charge in [-0.3, -0.25) is 0 Å². The third-order valence-corrected chi connectivity index (χ3v) is 8.60. The SMILES string of the molecule is C=CC(=O)OC(COCCOCCOCCOC)COc1ccc(-c2ccc(OC(=O)c3ccc(-c4ccc(OCCOCCOCCOCCOC)cc4)cc3)cc2)cc1. The summed E-state index contributed by atoms with van der Waals surface area (Å²) in [5, 5.41) is 0. The maximum Gasteiger partial charge on any atom is 0.343 e. The van der Waals surface area contributed by atoms with Gasteiger partial charge >= 0.3 is 11.9 Å². The molecule has 330 valence electrons. The zero-order valence-electron chi connectivity index (χ0n) is 35.1. The first-order valence-corrected chi connectivity index (χ1v) is 20.1. The monoisotopic (exact) mass is 846 g/mol. The van der Waals surface area contributed by atoms with E-state index < -0.39 is 18.0 Å². The molecule has 4 aromatic carbocycles. The minimum absolute atomic E-state index is 0.0850. The molecule has 4 rings (SSSR count). The van der Waals surface area contributed by atoms with Crippen LogP contribution in [0, 0.1) is 0 Å². The van der Waals surface area contributed by atoms with Crippen LogP contribution in [0.4, 0.5) is 0 Å². The number of carbonyl (C=O) groups is 2. The van der Waals surface area contributed by atoms with Crippen LogP contribution in [0.5, 0.6) is 17.2 Å². The van der Waals surface area contributed by atoms with Gasteiger partial charge in [-0.25, -0.2) is 9.59 Å². The predicted octanol–water partition coefficient (Wildman–Crippen LogP) is 6.49. The van der Waals surface area contributed by atoms with E-state index in [1.165, 1.54) is 0 Å². The fourth-order valence-corrected chi connectivity index (χ4v) is 5.38. The van der Waals surface area contributed by atoms with Gasteiger partial charge in [0.25, 0.3) is 0 Å². The van der Waals surface area contributed by atoms with Crippen LogP contribution in [-0.2, 0) is 47.4 Å². The van der Waals surface area contributed by atoms with Crippen molar-refractivity contribution in [3.05, 3.63) is 115 Å². The van der Waals surface area contributed by atoms with Crippen molar-refractivity contribution in [2.24, 2.45) is 0 Å². The summed E-state index contributed by atoms with van der Waals surface area (Å²) < 4.78 is 65.4. The molecule has 0 radical (unpaired) electrons. The van der Waals surface area contributed by atoms with Crippen molar-refractivity contribution >= 4 is 11.9 Å². The normalized spacial score (nSPS) is 11.5. The van der Waals surface area contributed by atoms with Gasteiger partial charge in [0.1, 0.15) is 30.5 Å². The number of esters is 2. The second kappa shape index (κ2) is 30.0. The van der Waals surface area contributed by atoms with Crippen LogP contribution in [0.2, 0.25) is 0 Å². The number of carbonyl (C=O) groups excluding carboxylic acids is 2. The first kappa shape index (κ1) is 48.5. The Morgan fingerprint density at radius 3 is 1.28 bits per heavy atom. The first-order chi connectivity index (χ1) is 30.0. The summed E-state index contributed by atoms with van der Waals surface area (Å²) in [6, 6.07) is 29.7. The molecule has 0 saturated carbocycles. The van der Waals surface area contributed by atoms with Crippen molar-refractivity contribution in [2.75, 3.05) is 120 Å². The van der Waals surface area contributed by atoms with Crippen LogP contribution >= 0.6 is 0 Å². The molecule has 0 heterocycles. The largest absolute Gasteiger partial charge is 0.491 e. The molecular formula is C47H58O14. The van der Waals surface area contributed by atoms with E-state index in [4.69, 9.17) is 56.8 Å². The smallest absolute Gasteiger partial charge is 0.343 e. The van der Waals surface area contributed by atoms with Gasteiger partial charge in [0, 0.05) is 20.3 Å². The lowest BCUT2D eigenvalue weighted by atomic mass is 10.0. The number of methoxy groups -OCH3 is 2. The highest BCUT2D eigenvalue weighted by Gasteiger charge is 2.15. The van der Waals surface area contributed by atoms with E-state index in [1.807, 2.05) is 72.8 Å². The van der Waals surface area contributed by atoms with Crippen molar-refractivity contribution in [1.82, 2.24) is 0 Å². The van der Waals surface area contributed by atoms with Crippen molar-refractivity contribution in [1.29, 1.82) is 0 Å². The quantitative estimate of drug-likeness (QED) is 0.0223. The molecule has 4 aromatic rings. The Morgan fingerprint density at radius 1 is 0.459 bits per heavy atom. The Labute approximate surface area is 358 Å². The van der Waals surface area contributed by atoms with Gasteiger partial charge in [-0.2, -0.15) is 0 Å². The van der Waals surface area contributed by atoms with E-state index in [9.17, 15) is 9.59 Å². The van der Waals surface area contributed by atoms with Crippen molar-refractivity contribution < 1.29 is 66.4 Å². The van der Waals surface area contributed by atoms with Crippen molar-refractivity contribution in [3.63, 3.8) is 0 Å². The van der Waals surface area contributed by atoms with Gasteiger partial charge in [0.05, 0.1) is 98.1 Å². The number of hydrogen-bond acceptors (Lipinski definition) is 14. The van der Waals surface area contributed by atoms with E-state index in [0.717, 1.165) is 34.1 Å². The summed E-state index contributed by atoms with van der Waals surface area (Å²) >= 11 is 0. The Bertz CT molecular complexity index is 1780. The third-order valence-electron chi connectivity index (χ3n) is 8.60. The molecule has 61 heavy (non-hydrogen) atoms. The van der Waals surface area contributed by atoms with Gasteiger partial charge in [0.2, 0.25) is 0 Å². The lowest BCUT2D eigenvalue weighted by molar-refractivity contribution is -0.148. The van der Waals surface area contributed by atoms with Gasteiger partial charge in [-0.05, 0) is 70.8 Å². The summed E-state index contributed by atoms with van der Waals surface area (Å²) in [7, 11) is 3.26. The molecule has 1 unspecified atom stereocenters. The molecule has 0 aliphatic heterocycles.